The molecule has 1 aliphatic rings. The van der Waals surface area contributed by atoms with Gasteiger partial charge in [-0.05, 0) is 13.8 Å². The third-order valence-corrected chi connectivity index (χ3v) is 2.82. The summed E-state index contributed by atoms with van der Waals surface area (Å²) in [7, 11) is 0. The van der Waals surface area contributed by atoms with Crippen LogP contribution in [0.2, 0.25) is 0 Å². The second-order valence-corrected chi connectivity index (χ2v) is 4.60. The Morgan fingerprint density at radius 2 is 2.00 bits per heavy atom. The summed E-state index contributed by atoms with van der Waals surface area (Å²) >= 11 is 0. The molecular formula is C11H20ClN3O3. The van der Waals surface area contributed by atoms with Gasteiger partial charge in [0.15, 0.2) is 0 Å². The molecule has 0 saturated carbocycles. The Morgan fingerprint density at radius 1 is 1.44 bits per heavy atom. The maximum Gasteiger partial charge on any atom is 0.252 e. The van der Waals surface area contributed by atoms with E-state index in [-0.39, 0.29) is 55.1 Å². The van der Waals surface area contributed by atoms with E-state index in [9.17, 15) is 14.4 Å². The molecule has 0 spiro atoms. The van der Waals surface area contributed by atoms with Crippen molar-refractivity contribution in [2.24, 2.45) is 11.7 Å². The molecule has 2 atom stereocenters. The van der Waals surface area contributed by atoms with E-state index in [2.05, 4.69) is 5.32 Å². The van der Waals surface area contributed by atoms with Gasteiger partial charge in [-0.25, -0.2) is 0 Å². The van der Waals surface area contributed by atoms with Crippen LogP contribution in [0, 0.1) is 5.92 Å². The van der Waals surface area contributed by atoms with Crippen LogP contribution in [0.15, 0.2) is 0 Å². The summed E-state index contributed by atoms with van der Waals surface area (Å²) in [4.78, 5) is 36.2. The van der Waals surface area contributed by atoms with Crippen LogP contribution in [0.1, 0.15) is 27.2 Å². The minimum absolute atomic E-state index is 0. The topological polar surface area (TPSA) is 92.5 Å². The van der Waals surface area contributed by atoms with Crippen LogP contribution in [0.5, 0.6) is 0 Å². The predicted molar refractivity (Wildman–Crippen MR) is 69.0 cm³/mol. The van der Waals surface area contributed by atoms with E-state index in [1.165, 1.54) is 4.90 Å². The van der Waals surface area contributed by atoms with E-state index in [0.717, 1.165) is 0 Å². The molecule has 2 unspecified atom stereocenters. The molecule has 3 amide bonds. The average Bonchev–Trinajstić information content (AvgIpc) is 2.52. The molecule has 0 aromatic heterocycles. The lowest BCUT2D eigenvalue weighted by atomic mass is 10.1. The highest BCUT2D eigenvalue weighted by atomic mass is 35.5. The lowest BCUT2D eigenvalue weighted by molar-refractivity contribution is -0.141. The van der Waals surface area contributed by atoms with Crippen molar-refractivity contribution in [1.82, 2.24) is 10.2 Å². The molecule has 0 aliphatic carbocycles. The Hall–Kier alpha value is -1.14. The lowest BCUT2D eigenvalue weighted by Crippen LogP contribution is -2.46. The van der Waals surface area contributed by atoms with Crippen LogP contribution in [0.25, 0.3) is 0 Å². The van der Waals surface area contributed by atoms with Crippen molar-refractivity contribution >= 4 is 30.1 Å². The van der Waals surface area contributed by atoms with Gasteiger partial charge in [0.2, 0.25) is 11.8 Å². The molecule has 3 N–H and O–H groups in total. The van der Waals surface area contributed by atoms with E-state index in [1.54, 1.807) is 20.8 Å². The van der Waals surface area contributed by atoms with Crippen LogP contribution in [0.4, 0.5) is 0 Å². The summed E-state index contributed by atoms with van der Waals surface area (Å²) < 4.78 is 0. The van der Waals surface area contributed by atoms with Crippen LogP contribution in [-0.4, -0.2) is 41.2 Å². The van der Waals surface area contributed by atoms with Crippen molar-refractivity contribution in [3.05, 3.63) is 0 Å². The standard InChI is InChI=1S/C11H19N3O3.ClH/c1-6(2)14-9(15)4-8(11(14)17)13-10(16)7(3)5-12;/h6-8H,4-5,12H2,1-3H3,(H,13,16);1H. The highest BCUT2D eigenvalue weighted by Gasteiger charge is 2.40. The van der Waals surface area contributed by atoms with Gasteiger partial charge >= 0.3 is 0 Å². The number of nitrogens with zero attached hydrogens (tertiary/aromatic N) is 1. The summed E-state index contributed by atoms with van der Waals surface area (Å²) in [5.41, 5.74) is 5.36. The van der Waals surface area contributed by atoms with E-state index < -0.39 is 6.04 Å². The molecule has 1 rings (SSSR count). The van der Waals surface area contributed by atoms with Crippen LogP contribution >= 0.6 is 12.4 Å². The fourth-order valence-corrected chi connectivity index (χ4v) is 1.73. The van der Waals surface area contributed by atoms with E-state index in [4.69, 9.17) is 5.73 Å². The summed E-state index contributed by atoms with van der Waals surface area (Å²) in [6.45, 7) is 5.43. The van der Waals surface area contributed by atoms with Crippen molar-refractivity contribution in [2.75, 3.05) is 6.54 Å². The van der Waals surface area contributed by atoms with E-state index in [1.807, 2.05) is 0 Å². The smallest absolute Gasteiger partial charge is 0.252 e. The molecule has 18 heavy (non-hydrogen) atoms. The first-order valence-corrected chi connectivity index (χ1v) is 5.74. The minimum atomic E-state index is -0.730. The number of carbonyl (C=O) groups excluding carboxylic acids is 3. The molecule has 1 aliphatic heterocycles. The highest BCUT2D eigenvalue weighted by Crippen LogP contribution is 2.16. The largest absolute Gasteiger partial charge is 0.343 e. The van der Waals surface area contributed by atoms with Crippen molar-refractivity contribution in [3.8, 4) is 0 Å². The Labute approximate surface area is 113 Å². The third kappa shape index (κ3) is 3.43. The molecule has 1 fully saturated rings. The summed E-state index contributed by atoms with van der Waals surface area (Å²) in [6, 6.07) is -0.907. The van der Waals surface area contributed by atoms with Gasteiger partial charge < -0.3 is 11.1 Å². The van der Waals surface area contributed by atoms with Crippen molar-refractivity contribution in [3.63, 3.8) is 0 Å². The number of imide groups is 1. The van der Waals surface area contributed by atoms with Crippen molar-refractivity contribution < 1.29 is 14.4 Å². The molecule has 0 aromatic carbocycles. The Morgan fingerprint density at radius 3 is 2.39 bits per heavy atom. The lowest BCUT2D eigenvalue weighted by Gasteiger charge is -2.19. The maximum absolute atomic E-state index is 11.9. The minimum Gasteiger partial charge on any atom is -0.343 e. The van der Waals surface area contributed by atoms with E-state index >= 15 is 0 Å². The number of rotatable bonds is 4. The summed E-state index contributed by atoms with van der Waals surface area (Å²) in [5, 5.41) is 2.56. The van der Waals surface area contributed by atoms with Gasteiger partial charge in [-0.3, -0.25) is 19.3 Å². The monoisotopic (exact) mass is 277 g/mol. The van der Waals surface area contributed by atoms with Gasteiger partial charge in [-0.15, -0.1) is 12.4 Å². The molecule has 7 heteroatoms. The fraction of sp³-hybridized carbons (Fsp3) is 0.727. The fourth-order valence-electron chi connectivity index (χ4n) is 1.73. The number of amides is 3. The van der Waals surface area contributed by atoms with Crippen LogP contribution in [-0.2, 0) is 14.4 Å². The Kier molecular flexibility index (Phi) is 6.28. The number of likely N-dealkylation sites (tertiary alicyclic amines) is 1. The molecule has 6 nitrogen and oxygen atoms in total. The number of hydrogen-bond acceptors (Lipinski definition) is 4. The average molecular weight is 278 g/mol. The zero-order valence-electron chi connectivity index (χ0n) is 10.8. The predicted octanol–water partition coefficient (Wildman–Crippen LogP) is -0.345. The Bertz CT molecular complexity index is 346. The van der Waals surface area contributed by atoms with Crippen LogP contribution in [0.3, 0.4) is 0 Å². The number of nitrogens with two attached hydrogens (primary N) is 1. The third-order valence-electron chi connectivity index (χ3n) is 2.82. The molecule has 104 valence electrons. The van der Waals surface area contributed by atoms with Crippen LogP contribution < -0.4 is 11.1 Å². The van der Waals surface area contributed by atoms with Gasteiger partial charge in [-0.2, -0.15) is 0 Å². The second-order valence-electron chi connectivity index (χ2n) is 4.60. The molecule has 1 saturated heterocycles. The first-order chi connectivity index (χ1) is 7.88. The van der Waals surface area contributed by atoms with Crippen molar-refractivity contribution in [2.45, 2.75) is 39.3 Å². The molecule has 0 radical (unpaired) electrons. The summed E-state index contributed by atoms with van der Waals surface area (Å²) in [5.74, 6) is -1.21. The van der Waals surface area contributed by atoms with E-state index in [0.29, 0.717) is 0 Å². The van der Waals surface area contributed by atoms with Gasteiger partial charge in [-0.1, -0.05) is 6.92 Å². The SMILES string of the molecule is CC(CN)C(=O)NC1CC(=O)N(C(C)C)C1=O.Cl. The number of hydrogen-bond donors (Lipinski definition) is 2. The molecule has 0 aromatic rings. The first kappa shape index (κ1) is 16.9. The zero-order chi connectivity index (χ0) is 13.2. The quantitative estimate of drug-likeness (QED) is 0.687. The molecular weight excluding hydrogens is 258 g/mol. The van der Waals surface area contributed by atoms with Gasteiger partial charge in [0, 0.05) is 18.5 Å². The number of nitrogens with one attached hydrogen (secondary N) is 1. The first-order valence-electron chi connectivity index (χ1n) is 5.74. The van der Waals surface area contributed by atoms with Gasteiger partial charge in [0.05, 0.1) is 6.42 Å². The summed E-state index contributed by atoms with van der Waals surface area (Å²) in [6.07, 6.45) is 0.0417. The Balaban J connectivity index is 0.00000289. The molecule has 1 heterocycles. The number of halogens is 1. The molecule has 0 bridgehead atoms. The van der Waals surface area contributed by atoms with Crippen molar-refractivity contribution in [1.29, 1.82) is 0 Å². The van der Waals surface area contributed by atoms with Gasteiger partial charge in [0.25, 0.3) is 5.91 Å². The van der Waals surface area contributed by atoms with Gasteiger partial charge in [0.1, 0.15) is 6.04 Å². The maximum atomic E-state index is 11.9. The normalized spacial score (nSPS) is 20.9. The zero-order valence-corrected chi connectivity index (χ0v) is 11.6. The number of carbonyl (C=O) groups is 3. The second kappa shape index (κ2) is 6.70. The highest BCUT2D eigenvalue weighted by molar-refractivity contribution is 6.07.